The Bertz CT molecular complexity index is 439. The van der Waals surface area contributed by atoms with Crippen LogP contribution in [0.4, 0.5) is 0 Å². The second-order valence-electron chi connectivity index (χ2n) is 7.12. The summed E-state index contributed by atoms with van der Waals surface area (Å²) in [5.41, 5.74) is 3.01. The smallest absolute Gasteiger partial charge is 0.0247 e. The second kappa shape index (κ2) is 7.42. The van der Waals surface area contributed by atoms with Gasteiger partial charge in [0.05, 0.1) is 0 Å². The maximum Gasteiger partial charge on any atom is 0.0247 e. The van der Waals surface area contributed by atoms with Crippen molar-refractivity contribution in [1.29, 1.82) is 0 Å². The Hall–Kier alpha value is -0.860. The Balaban J connectivity index is 2.16. The van der Waals surface area contributed by atoms with Gasteiger partial charge in [-0.25, -0.2) is 0 Å². The van der Waals surface area contributed by atoms with Crippen molar-refractivity contribution in [2.75, 3.05) is 13.1 Å². The van der Waals surface area contributed by atoms with Gasteiger partial charge in [-0.2, -0.15) is 0 Å². The van der Waals surface area contributed by atoms with Crippen LogP contribution in [-0.2, 0) is 13.0 Å². The molecular formula is C19H32N2. The molecule has 1 saturated heterocycles. The third-order valence-corrected chi connectivity index (χ3v) is 4.94. The number of benzene rings is 1. The highest BCUT2D eigenvalue weighted by Crippen LogP contribution is 2.22. The summed E-state index contributed by atoms with van der Waals surface area (Å²) in [6.07, 6.45) is 1.13. The normalized spacial score (nSPS) is 24.0. The molecule has 1 aliphatic rings. The Kier molecular flexibility index (Phi) is 5.83. The minimum atomic E-state index is 0.619. The zero-order valence-corrected chi connectivity index (χ0v) is 14.4. The van der Waals surface area contributed by atoms with Crippen LogP contribution in [0, 0.1) is 11.8 Å². The lowest BCUT2D eigenvalue weighted by Gasteiger charge is -2.44. The maximum absolute atomic E-state index is 3.75. The Morgan fingerprint density at radius 2 is 1.76 bits per heavy atom. The maximum atomic E-state index is 3.75. The summed E-state index contributed by atoms with van der Waals surface area (Å²) < 4.78 is 0. The zero-order valence-electron chi connectivity index (χ0n) is 14.4. The lowest BCUT2D eigenvalue weighted by Crippen LogP contribution is -2.59. The minimum absolute atomic E-state index is 0.619. The number of nitrogens with one attached hydrogen (secondary N) is 1. The fourth-order valence-corrected chi connectivity index (χ4v) is 3.41. The van der Waals surface area contributed by atoms with Gasteiger partial charge in [-0.05, 0) is 29.4 Å². The van der Waals surface area contributed by atoms with Crippen LogP contribution in [0.2, 0.25) is 0 Å². The summed E-state index contributed by atoms with van der Waals surface area (Å²) >= 11 is 0. The van der Waals surface area contributed by atoms with E-state index in [1.807, 2.05) is 0 Å². The van der Waals surface area contributed by atoms with Gasteiger partial charge < -0.3 is 5.32 Å². The van der Waals surface area contributed by atoms with Gasteiger partial charge in [0, 0.05) is 31.7 Å². The van der Waals surface area contributed by atoms with Crippen LogP contribution in [0.25, 0.3) is 0 Å². The molecule has 21 heavy (non-hydrogen) atoms. The minimum Gasteiger partial charge on any atom is -0.311 e. The quantitative estimate of drug-likeness (QED) is 0.888. The lowest BCUT2D eigenvalue weighted by molar-refractivity contribution is 0.0781. The molecule has 0 amide bonds. The average Bonchev–Trinajstić information content (AvgIpc) is 2.47. The second-order valence-corrected chi connectivity index (χ2v) is 7.12. The fourth-order valence-electron chi connectivity index (χ4n) is 3.41. The van der Waals surface area contributed by atoms with Crippen molar-refractivity contribution >= 4 is 0 Å². The standard InChI is InChI=1S/C19H32N2/c1-6-16-9-7-8-10-17(16)12-21-13-18(14(2)3)20-11-19(21)15(4)5/h7-10,14-15,18-20H,6,11-13H2,1-5H3. The first kappa shape index (κ1) is 16.5. The molecular weight excluding hydrogens is 256 g/mol. The first-order valence-electron chi connectivity index (χ1n) is 8.57. The number of piperazine rings is 1. The molecule has 2 unspecified atom stereocenters. The summed E-state index contributed by atoms with van der Waals surface area (Å²) in [7, 11) is 0. The van der Waals surface area contributed by atoms with Crippen LogP contribution in [0.5, 0.6) is 0 Å². The molecule has 0 aliphatic carbocycles. The molecule has 0 spiro atoms. The molecule has 1 fully saturated rings. The van der Waals surface area contributed by atoms with E-state index in [1.54, 1.807) is 0 Å². The van der Waals surface area contributed by atoms with E-state index in [1.165, 1.54) is 17.7 Å². The number of hydrogen-bond acceptors (Lipinski definition) is 2. The molecule has 2 rings (SSSR count). The molecule has 0 bridgehead atoms. The molecule has 2 heteroatoms. The van der Waals surface area contributed by atoms with Crippen molar-refractivity contribution in [2.24, 2.45) is 11.8 Å². The van der Waals surface area contributed by atoms with Crippen molar-refractivity contribution in [2.45, 2.75) is 59.7 Å². The van der Waals surface area contributed by atoms with Crippen LogP contribution in [0.1, 0.15) is 45.7 Å². The average molecular weight is 288 g/mol. The van der Waals surface area contributed by atoms with E-state index < -0.39 is 0 Å². The molecule has 0 aromatic heterocycles. The number of hydrogen-bond donors (Lipinski definition) is 1. The van der Waals surface area contributed by atoms with Crippen LogP contribution in [0.15, 0.2) is 24.3 Å². The summed E-state index contributed by atoms with van der Waals surface area (Å²) in [6.45, 7) is 15.0. The monoisotopic (exact) mass is 288 g/mol. The number of rotatable bonds is 5. The molecule has 1 aromatic rings. The van der Waals surface area contributed by atoms with Crippen LogP contribution >= 0.6 is 0 Å². The van der Waals surface area contributed by atoms with Crippen LogP contribution in [-0.4, -0.2) is 30.1 Å². The van der Waals surface area contributed by atoms with E-state index in [-0.39, 0.29) is 0 Å². The third kappa shape index (κ3) is 4.08. The summed E-state index contributed by atoms with van der Waals surface area (Å²) in [4.78, 5) is 2.71. The Morgan fingerprint density at radius 3 is 2.33 bits per heavy atom. The van der Waals surface area contributed by atoms with Gasteiger partial charge in [0.1, 0.15) is 0 Å². The van der Waals surface area contributed by atoms with Crippen LogP contribution in [0.3, 0.4) is 0 Å². The molecule has 1 aromatic carbocycles. The Labute approximate surface area is 130 Å². The number of aryl methyl sites for hydroxylation is 1. The molecule has 0 saturated carbocycles. The van der Waals surface area contributed by atoms with E-state index in [9.17, 15) is 0 Å². The largest absolute Gasteiger partial charge is 0.311 e. The lowest BCUT2D eigenvalue weighted by atomic mass is 9.93. The molecule has 2 atom stereocenters. The fraction of sp³-hybridized carbons (Fsp3) is 0.684. The van der Waals surface area contributed by atoms with Crippen molar-refractivity contribution in [3.63, 3.8) is 0 Å². The van der Waals surface area contributed by atoms with E-state index in [0.717, 1.165) is 19.5 Å². The zero-order chi connectivity index (χ0) is 15.4. The predicted molar refractivity (Wildman–Crippen MR) is 91.5 cm³/mol. The van der Waals surface area contributed by atoms with Crippen molar-refractivity contribution in [3.05, 3.63) is 35.4 Å². The van der Waals surface area contributed by atoms with E-state index in [2.05, 4.69) is 69.1 Å². The molecule has 1 heterocycles. The van der Waals surface area contributed by atoms with Gasteiger partial charge in [0.15, 0.2) is 0 Å². The van der Waals surface area contributed by atoms with Gasteiger partial charge in [0.2, 0.25) is 0 Å². The van der Waals surface area contributed by atoms with Gasteiger partial charge in [0.25, 0.3) is 0 Å². The van der Waals surface area contributed by atoms with Gasteiger partial charge in [-0.3, -0.25) is 4.90 Å². The topological polar surface area (TPSA) is 15.3 Å². The summed E-state index contributed by atoms with van der Waals surface area (Å²) in [5, 5.41) is 3.75. The van der Waals surface area contributed by atoms with E-state index in [4.69, 9.17) is 0 Å². The van der Waals surface area contributed by atoms with Crippen molar-refractivity contribution < 1.29 is 0 Å². The number of nitrogens with zero attached hydrogens (tertiary/aromatic N) is 1. The molecule has 118 valence electrons. The highest BCUT2D eigenvalue weighted by Gasteiger charge is 2.31. The summed E-state index contributed by atoms with van der Waals surface area (Å²) in [6, 6.07) is 10.2. The summed E-state index contributed by atoms with van der Waals surface area (Å²) in [5.74, 6) is 1.39. The first-order chi connectivity index (χ1) is 10.0. The Morgan fingerprint density at radius 1 is 1.10 bits per heavy atom. The van der Waals surface area contributed by atoms with Gasteiger partial charge in [-0.15, -0.1) is 0 Å². The highest BCUT2D eigenvalue weighted by atomic mass is 15.2. The third-order valence-electron chi connectivity index (χ3n) is 4.94. The highest BCUT2D eigenvalue weighted by molar-refractivity contribution is 5.27. The molecule has 2 nitrogen and oxygen atoms in total. The molecule has 1 aliphatic heterocycles. The van der Waals surface area contributed by atoms with Gasteiger partial charge >= 0.3 is 0 Å². The molecule has 1 N–H and O–H groups in total. The van der Waals surface area contributed by atoms with Crippen molar-refractivity contribution in [3.8, 4) is 0 Å². The SMILES string of the molecule is CCc1ccccc1CN1CC(C(C)C)NCC1C(C)C. The predicted octanol–water partition coefficient (Wildman–Crippen LogP) is 3.70. The first-order valence-corrected chi connectivity index (χ1v) is 8.57. The van der Waals surface area contributed by atoms with Crippen molar-refractivity contribution in [1.82, 2.24) is 10.2 Å². The van der Waals surface area contributed by atoms with Crippen LogP contribution < -0.4 is 5.32 Å². The van der Waals surface area contributed by atoms with E-state index >= 15 is 0 Å². The molecule has 0 radical (unpaired) electrons. The van der Waals surface area contributed by atoms with E-state index in [0.29, 0.717) is 23.9 Å². The van der Waals surface area contributed by atoms with Gasteiger partial charge in [-0.1, -0.05) is 58.9 Å².